The molecular weight excluding hydrogens is 346 g/mol. The van der Waals surface area contributed by atoms with Gasteiger partial charge in [-0.05, 0) is 61.9 Å². The number of carbonyl (C=O) groups excluding carboxylic acids is 2. The van der Waals surface area contributed by atoms with Crippen LogP contribution in [-0.2, 0) is 9.53 Å². The summed E-state index contributed by atoms with van der Waals surface area (Å²) in [5.74, 6) is 0.588. The molecule has 0 bridgehead atoms. The van der Waals surface area contributed by atoms with Gasteiger partial charge in [0.25, 0.3) is 0 Å². The monoisotopic (exact) mass is 369 g/mol. The van der Waals surface area contributed by atoms with Crippen molar-refractivity contribution in [3.63, 3.8) is 0 Å². The number of hydrogen-bond donors (Lipinski definition) is 1. The van der Waals surface area contributed by atoms with Crippen LogP contribution in [0.25, 0.3) is 6.08 Å². The van der Waals surface area contributed by atoms with Crippen LogP contribution in [0.2, 0.25) is 0 Å². The number of benzene rings is 2. The molecule has 0 aliphatic heterocycles. The van der Waals surface area contributed by atoms with Gasteiger partial charge in [0.1, 0.15) is 0 Å². The van der Waals surface area contributed by atoms with Crippen molar-refractivity contribution in [1.82, 2.24) is 0 Å². The molecule has 0 fully saturated rings. The number of amides is 1. The Kier molecular flexibility index (Phi) is 7.43. The van der Waals surface area contributed by atoms with Gasteiger partial charge in [0, 0.05) is 11.8 Å². The highest BCUT2D eigenvalue weighted by molar-refractivity contribution is 6.02. The summed E-state index contributed by atoms with van der Waals surface area (Å²) in [6.45, 7) is 4.48. The molecule has 1 N–H and O–H groups in total. The third-order valence-corrected chi connectivity index (χ3v) is 3.58. The second-order valence-electron chi connectivity index (χ2n) is 5.46. The maximum atomic E-state index is 12.1. The van der Waals surface area contributed by atoms with Crippen LogP contribution < -0.4 is 14.8 Å². The molecule has 6 heteroatoms. The SMILES string of the molecule is CCOC(=O)c1ccc(NC(=O)/C=C/c2ccc(OC)c(OCC)c2)cc1. The minimum Gasteiger partial charge on any atom is -0.493 e. The van der Waals surface area contributed by atoms with E-state index in [1.165, 1.54) is 6.08 Å². The van der Waals surface area contributed by atoms with E-state index < -0.39 is 0 Å². The van der Waals surface area contributed by atoms with Gasteiger partial charge in [-0.15, -0.1) is 0 Å². The summed E-state index contributed by atoms with van der Waals surface area (Å²) in [4.78, 5) is 23.7. The molecule has 2 rings (SSSR count). The Morgan fingerprint density at radius 1 is 1.00 bits per heavy atom. The standard InChI is InChI=1S/C21H23NO5/c1-4-26-19-14-15(6-12-18(19)25-3)7-13-20(23)22-17-10-8-16(9-11-17)21(24)27-5-2/h6-14H,4-5H2,1-3H3,(H,22,23)/b13-7+. The smallest absolute Gasteiger partial charge is 0.338 e. The van der Waals surface area contributed by atoms with Crippen LogP contribution in [0.4, 0.5) is 5.69 Å². The molecule has 0 aromatic heterocycles. The van der Waals surface area contributed by atoms with E-state index in [4.69, 9.17) is 14.2 Å². The maximum absolute atomic E-state index is 12.1. The molecule has 0 saturated heterocycles. The highest BCUT2D eigenvalue weighted by Crippen LogP contribution is 2.28. The number of anilines is 1. The Labute approximate surface area is 158 Å². The highest BCUT2D eigenvalue weighted by atomic mass is 16.5. The first-order valence-electron chi connectivity index (χ1n) is 8.64. The van der Waals surface area contributed by atoms with E-state index in [1.54, 1.807) is 56.5 Å². The van der Waals surface area contributed by atoms with Gasteiger partial charge >= 0.3 is 5.97 Å². The molecule has 6 nitrogen and oxygen atoms in total. The number of esters is 1. The lowest BCUT2D eigenvalue weighted by Crippen LogP contribution is -2.08. The van der Waals surface area contributed by atoms with Crippen LogP contribution >= 0.6 is 0 Å². The van der Waals surface area contributed by atoms with Gasteiger partial charge < -0.3 is 19.5 Å². The lowest BCUT2D eigenvalue weighted by molar-refractivity contribution is -0.111. The zero-order valence-corrected chi connectivity index (χ0v) is 15.7. The average Bonchev–Trinajstić information content (AvgIpc) is 2.67. The molecule has 0 spiro atoms. The van der Waals surface area contributed by atoms with Crippen molar-refractivity contribution in [3.05, 3.63) is 59.7 Å². The first kappa shape index (κ1) is 20.0. The van der Waals surface area contributed by atoms with Gasteiger partial charge in [-0.25, -0.2) is 4.79 Å². The van der Waals surface area contributed by atoms with Gasteiger partial charge in [-0.1, -0.05) is 6.07 Å². The van der Waals surface area contributed by atoms with E-state index in [1.807, 2.05) is 13.0 Å². The maximum Gasteiger partial charge on any atom is 0.338 e. The van der Waals surface area contributed by atoms with Crippen molar-refractivity contribution in [2.75, 3.05) is 25.6 Å². The zero-order valence-electron chi connectivity index (χ0n) is 15.7. The summed E-state index contributed by atoms with van der Waals surface area (Å²) in [5.41, 5.74) is 1.83. The molecule has 0 unspecified atom stereocenters. The molecule has 0 atom stereocenters. The van der Waals surface area contributed by atoms with Crippen molar-refractivity contribution in [2.45, 2.75) is 13.8 Å². The summed E-state index contributed by atoms with van der Waals surface area (Å²) in [6.07, 6.45) is 3.11. The Bertz CT molecular complexity index is 812. The largest absolute Gasteiger partial charge is 0.493 e. The highest BCUT2D eigenvalue weighted by Gasteiger charge is 2.07. The summed E-state index contributed by atoms with van der Waals surface area (Å²) >= 11 is 0. The van der Waals surface area contributed by atoms with Crippen LogP contribution in [-0.4, -0.2) is 32.2 Å². The first-order valence-corrected chi connectivity index (χ1v) is 8.64. The first-order chi connectivity index (χ1) is 13.1. The van der Waals surface area contributed by atoms with Crippen LogP contribution in [0.5, 0.6) is 11.5 Å². The van der Waals surface area contributed by atoms with E-state index >= 15 is 0 Å². The van der Waals surface area contributed by atoms with E-state index in [-0.39, 0.29) is 11.9 Å². The number of methoxy groups -OCH3 is 1. The molecule has 0 heterocycles. The fourth-order valence-corrected chi connectivity index (χ4v) is 2.33. The van der Waals surface area contributed by atoms with Crippen molar-refractivity contribution in [3.8, 4) is 11.5 Å². The molecule has 142 valence electrons. The van der Waals surface area contributed by atoms with Gasteiger partial charge in [-0.3, -0.25) is 4.79 Å². The van der Waals surface area contributed by atoms with Gasteiger partial charge in [-0.2, -0.15) is 0 Å². The van der Waals surface area contributed by atoms with Gasteiger partial charge in [0.15, 0.2) is 11.5 Å². The second kappa shape index (κ2) is 10.0. The van der Waals surface area contributed by atoms with Crippen molar-refractivity contribution >= 4 is 23.6 Å². The quantitative estimate of drug-likeness (QED) is 0.564. The molecule has 0 radical (unpaired) electrons. The molecule has 27 heavy (non-hydrogen) atoms. The molecule has 0 saturated carbocycles. The molecule has 0 aliphatic carbocycles. The summed E-state index contributed by atoms with van der Waals surface area (Å²) < 4.78 is 15.7. The predicted molar refractivity (Wildman–Crippen MR) is 104 cm³/mol. The summed E-state index contributed by atoms with van der Waals surface area (Å²) in [5, 5.41) is 2.74. The van der Waals surface area contributed by atoms with E-state index in [0.29, 0.717) is 36.0 Å². The number of carbonyl (C=O) groups is 2. The van der Waals surface area contributed by atoms with Gasteiger partial charge in [0.05, 0.1) is 25.9 Å². The minimum absolute atomic E-state index is 0.285. The number of hydrogen-bond acceptors (Lipinski definition) is 5. The predicted octanol–water partition coefficient (Wildman–Crippen LogP) is 3.92. The van der Waals surface area contributed by atoms with Crippen molar-refractivity contribution < 1.29 is 23.8 Å². The molecule has 2 aromatic rings. The number of rotatable bonds is 8. The molecule has 2 aromatic carbocycles. The Balaban J connectivity index is 2.00. The Hall–Kier alpha value is -3.28. The summed E-state index contributed by atoms with van der Waals surface area (Å²) in [7, 11) is 1.58. The third kappa shape index (κ3) is 5.88. The Morgan fingerprint density at radius 2 is 1.74 bits per heavy atom. The van der Waals surface area contributed by atoms with E-state index in [9.17, 15) is 9.59 Å². The third-order valence-electron chi connectivity index (χ3n) is 3.58. The molecule has 0 aliphatic rings. The molecule has 1 amide bonds. The fraction of sp³-hybridized carbons (Fsp3) is 0.238. The van der Waals surface area contributed by atoms with Crippen molar-refractivity contribution in [2.24, 2.45) is 0 Å². The van der Waals surface area contributed by atoms with Crippen LogP contribution in [0.3, 0.4) is 0 Å². The van der Waals surface area contributed by atoms with Gasteiger partial charge in [0.2, 0.25) is 5.91 Å². The zero-order chi connectivity index (χ0) is 19.6. The topological polar surface area (TPSA) is 73.9 Å². The van der Waals surface area contributed by atoms with E-state index in [0.717, 1.165) is 5.56 Å². The Morgan fingerprint density at radius 3 is 2.37 bits per heavy atom. The van der Waals surface area contributed by atoms with Crippen LogP contribution in [0, 0.1) is 0 Å². The number of ether oxygens (including phenoxy) is 3. The van der Waals surface area contributed by atoms with E-state index in [2.05, 4.69) is 5.32 Å². The normalized spacial score (nSPS) is 10.5. The summed E-state index contributed by atoms with van der Waals surface area (Å²) in [6, 6.07) is 11.9. The minimum atomic E-state index is -0.389. The van der Waals surface area contributed by atoms with Crippen LogP contribution in [0.1, 0.15) is 29.8 Å². The molecular formula is C21H23NO5. The lowest BCUT2D eigenvalue weighted by Gasteiger charge is -2.09. The number of nitrogens with one attached hydrogen (secondary N) is 1. The van der Waals surface area contributed by atoms with Crippen molar-refractivity contribution in [1.29, 1.82) is 0 Å². The second-order valence-corrected chi connectivity index (χ2v) is 5.46. The lowest BCUT2D eigenvalue weighted by atomic mass is 10.2. The fourth-order valence-electron chi connectivity index (χ4n) is 2.33. The average molecular weight is 369 g/mol. The van der Waals surface area contributed by atoms with Crippen LogP contribution in [0.15, 0.2) is 48.5 Å².